The number of rotatable bonds is 4. The molecule has 0 aliphatic heterocycles. The van der Waals surface area contributed by atoms with E-state index in [9.17, 15) is 0 Å². The van der Waals surface area contributed by atoms with Crippen LogP contribution >= 0.6 is 24.8 Å². The number of nitrogens with two attached hydrogens (primary N) is 2. The van der Waals surface area contributed by atoms with Crippen molar-refractivity contribution in [3.05, 3.63) is 48.5 Å². The maximum atomic E-state index is 5.66. The van der Waals surface area contributed by atoms with Crippen LogP contribution < -0.4 is 16.2 Å². The Morgan fingerprint density at radius 1 is 0.900 bits per heavy atom. The number of benzene rings is 2. The molecule has 0 saturated carbocycles. The van der Waals surface area contributed by atoms with E-state index in [1.165, 1.54) is 0 Å². The van der Waals surface area contributed by atoms with Gasteiger partial charge in [0, 0.05) is 11.7 Å². The summed E-state index contributed by atoms with van der Waals surface area (Å²) in [5.74, 6) is 0.839. The Bertz CT molecular complexity index is 498. The summed E-state index contributed by atoms with van der Waals surface area (Å²) in [4.78, 5) is 0. The average molecular weight is 315 g/mol. The number of halogens is 2. The number of hydrogen-bond donors (Lipinski definition) is 2. The van der Waals surface area contributed by atoms with Crippen LogP contribution in [0.25, 0.3) is 11.1 Å². The summed E-state index contributed by atoms with van der Waals surface area (Å²) in [6, 6.07) is 15.8. The SMILES string of the molecule is CC(N)COc1ccc(-c2ccc(N)cc2)cc1.Cl.Cl. The first kappa shape index (κ1) is 18.6. The maximum Gasteiger partial charge on any atom is 0.119 e. The van der Waals surface area contributed by atoms with E-state index < -0.39 is 0 Å². The molecule has 110 valence electrons. The summed E-state index contributed by atoms with van der Waals surface area (Å²) in [5, 5.41) is 0. The molecule has 1 unspecified atom stereocenters. The van der Waals surface area contributed by atoms with Crippen molar-refractivity contribution in [3.63, 3.8) is 0 Å². The van der Waals surface area contributed by atoms with E-state index in [0.717, 1.165) is 22.6 Å². The van der Waals surface area contributed by atoms with Gasteiger partial charge in [-0.2, -0.15) is 0 Å². The molecule has 0 spiro atoms. The van der Waals surface area contributed by atoms with Gasteiger partial charge in [-0.05, 0) is 42.3 Å². The molecule has 0 radical (unpaired) electrons. The number of ether oxygens (including phenoxy) is 1. The lowest BCUT2D eigenvalue weighted by Gasteiger charge is -2.09. The first-order valence-corrected chi connectivity index (χ1v) is 5.99. The zero-order chi connectivity index (χ0) is 13.0. The highest BCUT2D eigenvalue weighted by Gasteiger charge is 2.00. The molecule has 0 bridgehead atoms. The Hall–Kier alpha value is -1.42. The fourth-order valence-electron chi connectivity index (χ4n) is 1.65. The third-order valence-electron chi connectivity index (χ3n) is 2.61. The highest BCUT2D eigenvalue weighted by Crippen LogP contribution is 2.23. The lowest BCUT2D eigenvalue weighted by Crippen LogP contribution is -2.23. The molecule has 0 aliphatic carbocycles. The maximum absolute atomic E-state index is 5.66. The Morgan fingerprint density at radius 2 is 1.35 bits per heavy atom. The fourth-order valence-corrected chi connectivity index (χ4v) is 1.65. The Balaban J connectivity index is 0.00000180. The van der Waals surface area contributed by atoms with Crippen molar-refractivity contribution in [1.82, 2.24) is 0 Å². The van der Waals surface area contributed by atoms with Gasteiger partial charge >= 0.3 is 0 Å². The molecule has 20 heavy (non-hydrogen) atoms. The smallest absolute Gasteiger partial charge is 0.119 e. The minimum Gasteiger partial charge on any atom is -0.492 e. The summed E-state index contributed by atoms with van der Waals surface area (Å²) in [6.07, 6.45) is 0. The van der Waals surface area contributed by atoms with Gasteiger partial charge in [0.15, 0.2) is 0 Å². The number of anilines is 1. The van der Waals surface area contributed by atoms with Gasteiger partial charge in [-0.25, -0.2) is 0 Å². The molecule has 2 aromatic carbocycles. The minimum absolute atomic E-state index is 0. The largest absolute Gasteiger partial charge is 0.492 e. The molecular formula is C15H20Cl2N2O. The van der Waals surface area contributed by atoms with Crippen LogP contribution in [0, 0.1) is 0 Å². The predicted octanol–water partition coefficient (Wildman–Crippen LogP) is 3.51. The molecule has 2 rings (SSSR count). The monoisotopic (exact) mass is 314 g/mol. The lowest BCUT2D eigenvalue weighted by atomic mass is 10.1. The van der Waals surface area contributed by atoms with Crippen LogP contribution in [0.3, 0.4) is 0 Å². The lowest BCUT2D eigenvalue weighted by molar-refractivity contribution is 0.296. The summed E-state index contributed by atoms with van der Waals surface area (Å²) in [7, 11) is 0. The highest BCUT2D eigenvalue weighted by molar-refractivity contribution is 5.85. The van der Waals surface area contributed by atoms with E-state index in [0.29, 0.717) is 6.61 Å². The average Bonchev–Trinajstić information content (AvgIpc) is 2.38. The summed E-state index contributed by atoms with van der Waals surface area (Å²) < 4.78 is 5.53. The fraction of sp³-hybridized carbons (Fsp3) is 0.200. The zero-order valence-corrected chi connectivity index (χ0v) is 12.9. The number of hydrogen-bond acceptors (Lipinski definition) is 3. The van der Waals surface area contributed by atoms with Gasteiger partial charge in [0.05, 0.1) is 0 Å². The molecule has 0 aliphatic rings. The highest BCUT2D eigenvalue weighted by atomic mass is 35.5. The topological polar surface area (TPSA) is 61.3 Å². The van der Waals surface area contributed by atoms with Crippen LogP contribution in [-0.2, 0) is 0 Å². The molecule has 0 fully saturated rings. The van der Waals surface area contributed by atoms with Gasteiger partial charge in [0.1, 0.15) is 12.4 Å². The third kappa shape index (κ3) is 5.29. The quantitative estimate of drug-likeness (QED) is 0.849. The molecule has 2 aromatic rings. The molecule has 0 heterocycles. The van der Waals surface area contributed by atoms with Crippen molar-refractivity contribution in [3.8, 4) is 16.9 Å². The second-order valence-electron chi connectivity index (χ2n) is 4.43. The van der Waals surface area contributed by atoms with Crippen LogP contribution in [-0.4, -0.2) is 12.6 Å². The van der Waals surface area contributed by atoms with Crippen LogP contribution in [0.1, 0.15) is 6.92 Å². The van der Waals surface area contributed by atoms with Gasteiger partial charge in [-0.3, -0.25) is 0 Å². The van der Waals surface area contributed by atoms with Gasteiger partial charge in [-0.15, -0.1) is 24.8 Å². The Morgan fingerprint density at radius 3 is 1.80 bits per heavy atom. The Labute approximate surface area is 132 Å². The normalized spacial score (nSPS) is 10.9. The number of nitrogen functional groups attached to an aromatic ring is 1. The van der Waals surface area contributed by atoms with E-state index in [-0.39, 0.29) is 30.9 Å². The molecule has 0 aromatic heterocycles. The third-order valence-corrected chi connectivity index (χ3v) is 2.61. The van der Waals surface area contributed by atoms with Crippen molar-refractivity contribution < 1.29 is 4.74 Å². The summed E-state index contributed by atoms with van der Waals surface area (Å²) >= 11 is 0. The molecule has 5 heteroatoms. The summed E-state index contributed by atoms with van der Waals surface area (Å²) in [6.45, 7) is 2.45. The van der Waals surface area contributed by atoms with Gasteiger partial charge in [0.2, 0.25) is 0 Å². The van der Waals surface area contributed by atoms with Crippen molar-refractivity contribution in [2.45, 2.75) is 13.0 Å². The minimum atomic E-state index is 0. The van der Waals surface area contributed by atoms with Crippen LogP contribution in [0.4, 0.5) is 5.69 Å². The van der Waals surface area contributed by atoms with Crippen molar-refractivity contribution in [2.24, 2.45) is 5.73 Å². The standard InChI is InChI=1S/C15H18N2O.2ClH/c1-11(16)10-18-15-8-4-13(5-9-15)12-2-6-14(17)7-3-12;;/h2-9,11H,10,16-17H2,1H3;2*1H. The molecule has 0 saturated heterocycles. The predicted molar refractivity (Wildman–Crippen MR) is 89.9 cm³/mol. The van der Waals surface area contributed by atoms with E-state index in [1.807, 2.05) is 55.5 Å². The van der Waals surface area contributed by atoms with Gasteiger partial charge in [0.25, 0.3) is 0 Å². The van der Waals surface area contributed by atoms with Gasteiger partial charge in [-0.1, -0.05) is 24.3 Å². The Kier molecular flexibility index (Phi) is 8.07. The second kappa shape index (κ2) is 8.69. The summed E-state index contributed by atoms with van der Waals surface area (Å²) in [5.41, 5.74) is 14.4. The zero-order valence-electron chi connectivity index (χ0n) is 11.3. The van der Waals surface area contributed by atoms with Crippen molar-refractivity contribution in [1.29, 1.82) is 0 Å². The van der Waals surface area contributed by atoms with E-state index in [1.54, 1.807) is 0 Å². The van der Waals surface area contributed by atoms with Crippen molar-refractivity contribution >= 4 is 30.5 Å². The first-order valence-electron chi connectivity index (χ1n) is 5.99. The van der Waals surface area contributed by atoms with Crippen molar-refractivity contribution in [2.75, 3.05) is 12.3 Å². The second-order valence-corrected chi connectivity index (χ2v) is 4.43. The van der Waals surface area contributed by atoms with Crippen LogP contribution in [0.2, 0.25) is 0 Å². The molecule has 0 amide bonds. The first-order chi connectivity index (χ1) is 8.65. The molecule has 4 N–H and O–H groups in total. The van der Waals surface area contributed by atoms with Gasteiger partial charge < -0.3 is 16.2 Å². The van der Waals surface area contributed by atoms with E-state index in [2.05, 4.69) is 0 Å². The van der Waals surface area contributed by atoms with E-state index in [4.69, 9.17) is 16.2 Å². The molecular weight excluding hydrogens is 295 g/mol. The molecule has 3 nitrogen and oxygen atoms in total. The molecule has 1 atom stereocenters. The van der Waals surface area contributed by atoms with E-state index >= 15 is 0 Å². The van der Waals surface area contributed by atoms with Crippen LogP contribution in [0.15, 0.2) is 48.5 Å². The van der Waals surface area contributed by atoms with Crippen LogP contribution in [0.5, 0.6) is 5.75 Å².